The Balaban J connectivity index is 2.22. The lowest BCUT2D eigenvalue weighted by Crippen LogP contribution is -2.41. The molecule has 0 bridgehead atoms. The second-order valence-corrected chi connectivity index (χ2v) is 7.29. The van der Waals surface area contributed by atoms with E-state index < -0.39 is 7.12 Å². The molecule has 3 nitrogen and oxygen atoms in total. The molecule has 20 heavy (non-hydrogen) atoms. The van der Waals surface area contributed by atoms with Crippen molar-refractivity contribution in [3.05, 3.63) is 23.0 Å². The molecule has 1 aromatic heterocycles. The molecule has 0 saturated carbocycles. The Labute approximate surface area is 127 Å². The highest BCUT2D eigenvalue weighted by Gasteiger charge is 2.51. The molecule has 0 spiro atoms. The topological polar surface area (TPSA) is 31.4 Å². The standard InChI is InChI=1S/C15H23BClNO2/c1-10(2)7-13-12(17)8-11(9-18-13)16-19-14(3,4)15(5,6)20-16/h8-10H,7H2,1-6H3. The minimum atomic E-state index is -0.405. The molecular weight excluding hydrogens is 272 g/mol. The summed E-state index contributed by atoms with van der Waals surface area (Å²) < 4.78 is 12.0. The lowest BCUT2D eigenvalue weighted by Gasteiger charge is -2.32. The number of rotatable bonds is 3. The number of hydrogen-bond acceptors (Lipinski definition) is 3. The molecule has 1 aromatic rings. The molecule has 1 saturated heterocycles. The van der Waals surface area contributed by atoms with Gasteiger partial charge in [-0.3, -0.25) is 4.98 Å². The van der Waals surface area contributed by atoms with Gasteiger partial charge in [0.1, 0.15) is 0 Å². The van der Waals surface area contributed by atoms with Crippen LogP contribution in [0.15, 0.2) is 12.3 Å². The second-order valence-electron chi connectivity index (χ2n) is 6.88. The zero-order valence-corrected chi connectivity index (χ0v) is 13.9. The maximum absolute atomic E-state index is 6.32. The highest BCUT2D eigenvalue weighted by molar-refractivity contribution is 6.62. The zero-order chi connectivity index (χ0) is 15.1. The normalized spacial score (nSPS) is 20.7. The van der Waals surface area contributed by atoms with Crippen LogP contribution in [-0.4, -0.2) is 23.3 Å². The second kappa shape index (κ2) is 5.32. The van der Waals surface area contributed by atoms with E-state index in [0.717, 1.165) is 17.6 Å². The summed E-state index contributed by atoms with van der Waals surface area (Å²) in [5, 5.41) is 0.686. The fourth-order valence-corrected chi connectivity index (χ4v) is 2.38. The van der Waals surface area contributed by atoms with Crippen LogP contribution in [0.2, 0.25) is 5.02 Å². The van der Waals surface area contributed by atoms with Gasteiger partial charge in [0.05, 0.1) is 21.9 Å². The highest BCUT2D eigenvalue weighted by atomic mass is 35.5. The van der Waals surface area contributed by atoms with Gasteiger partial charge in [-0.2, -0.15) is 0 Å². The minimum absolute atomic E-state index is 0.346. The van der Waals surface area contributed by atoms with Crippen LogP contribution in [0, 0.1) is 5.92 Å². The van der Waals surface area contributed by atoms with Crippen molar-refractivity contribution in [2.75, 3.05) is 0 Å². The molecule has 0 unspecified atom stereocenters. The third-order valence-corrected chi connectivity index (χ3v) is 4.39. The van der Waals surface area contributed by atoms with Gasteiger partial charge in [0.15, 0.2) is 0 Å². The van der Waals surface area contributed by atoms with E-state index in [0.29, 0.717) is 10.9 Å². The average molecular weight is 296 g/mol. The fraction of sp³-hybridized carbons (Fsp3) is 0.667. The molecule has 0 aliphatic carbocycles. The van der Waals surface area contributed by atoms with Gasteiger partial charge < -0.3 is 9.31 Å². The van der Waals surface area contributed by atoms with Crippen molar-refractivity contribution in [1.82, 2.24) is 4.98 Å². The third kappa shape index (κ3) is 3.02. The van der Waals surface area contributed by atoms with Crippen LogP contribution in [0.4, 0.5) is 0 Å². The van der Waals surface area contributed by atoms with Gasteiger partial charge in [0.2, 0.25) is 0 Å². The first kappa shape index (κ1) is 15.8. The maximum Gasteiger partial charge on any atom is 0.496 e. The van der Waals surface area contributed by atoms with Crippen LogP contribution >= 0.6 is 11.6 Å². The van der Waals surface area contributed by atoms with Gasteiger partial charge in [-0.15, -0.1) is 0 Å². The highest BCUT2D eigenvalue weighted by Crippen LogP contribution is 2.36. The monoisotopic (exact) mass is 295 g/mol. The average Bonchev–Trinajstić information content (AvgIpc) is 2.50. The van der Waals surface area contributed by atoms with E-state index >= 15 is 0 Å². The van der Waals surface area contributed by atoms with Crippen molar-refractivity contribution in [2.45, 2.75) is 59.2 Å². The van der Waals surface area contributed by atoms with Crippen molar-refractivity contribution in [2.24, 2.45) is 5.92 Å². The Morgan fingerprint density at radius 3 is 2.20 bits per heavy atom. The Morgan fingerprint density at radius 2 is 1.75 bits per heavy atom. The molecule has 2 rings (SSSR count). The Bertz CT molecular complexity index is 487. The Hall–Kier alpha value is -0.575. The molecule has 2 heterocycles. The zero-order valence-electron chi connectivity index (χ0n) is 13.2. The summed E-state index contributed by atoms with van der Waals surface area (Å²) in [6.45, 7) is 12.5. The van der Waals surface area contributed by atoms with Crippen molar-refractivity contribution < 1.29 is 9.31 Å². The van der Waals surface area contributed by atoms with Crippen LogP contribution in [-0.2, 0) is 15.7 Å². The van der Waals surface area contributed by atoms with Crippen molar-refractivity contribution in [3.8, 4) is 0 Å². The van der Waals surface area contributed by atoms with E-state index in [2.05, 4.69) is 18.8 Å². The largest absolute Gasteiger partial charge is 0.496 e. The molecule has 0 aromatic carbocycles. The number of nitrogens with zero attached hydrogens (tertiary/aromatic N) is 1. The summed E-state index contributed by atoms with van der Waals surface area (Å²) in [5.41, 5.74) is 1.12. The van der Waals surface area contributed by atoms with Gasteiger partial charge in [-0.1, -0.05) is 25.4 Å². The Kier molecular flexibility index (Phi) is 4.21. The minimum Gasteiger partial charge on any atom is -0.399 e. The molecule has 0 atom stereocenters. The molecule has 1 fully saturated rings. The maximum atomic E-state index is 6.32. The molecule has 110 valence electrons. The molecule has 0 radical (unpaired) electrons. The molecular formula is C15H23BClNO2. The molecule has 0 N–H and O–H groups in total. The fourth-order valence-electron chi connectivity index (χ4n) is 2.13. The summed E-state index contributed by atoms with van der Waals surface area (Å²) in [6.07, 6.45) is 2.69. The van der Waals surface area contributed by atoms with Crippen LogP contribution in [0.3, 0.4) is 0 Å². The van der Waals surface area contributed by atoms with Gasteiger partial charge >= 0.3 is 7.12 Å². The van der Waals surface area contributed by atoms with E-state index in [4.69, 9.17) is 20.9 Å². The number of aromatic nitrogens is 1. The van der Waals surface area contributed by atoms with Gasteiger partial charge in [0.25, 0.3) is 0 Å². The van der Waals surface area contributed by atoms with E-state index in [1.165, 1.54) is 0 Å². The number of pyridine rings is 1. The quantitative estimate of drug-likeness (QED) is 0.802. The molecule has 0 amide bonds. The summed E-state index contributed by atoms with van der Waals surface area (Å²) in [4.78, 5) is 4.47. The number of hydrogen-bond donors (Lipinski definition) is 0. The predicted molar refractivity (Wildman–Crippen MR) is 83.5 cm³/mol. The molecule has 1 aliphatic heterocycles. The van der Waals surface area contributed by atoms with Crippen LogP contribution in [0.25, 0.3) is 0 Å². The van der Waals surface area contributed by atoms with Crippen LogP contribution in [0.1, 0.15) is 47.2 Å². The van der Waals surface area contributed by atoms with Gasteiger partial charge in [0, 0.05) is 11.7 Å². The first-order valence-electron chi connectivity index (χ1n) is 7.12. The third-order valence-electron chi connectivity index (χ3n) is 4.07. The van der Waals surface area contributed by atoms with E-state index in [1.807, 2.05) is 40.0 Å². The van der Waals surface area contributed by atoms with Crippen molar-refractivity contribution in [1.29, 1.82) is 0 Å². The SMILES string of the molecule is CC(C)Cc1ncc(B2OC(C)(C)C(C)(C)O2)cc1Cl. The van der Waals surface area contributed by atoms with Crippen molar-refractivity contribution in [3.63, 3.8) is 0 Å². The van der Waals surface area contributed by atoms with E-state index in [-0.39, 0.29) is 11.2 Å². The first-order valence-corrected chi connectivity index (χ1v) is 7.50. The summed E-state index contributed by atoms with van der Waals surface area (Å²) >= 11 is 6.32. The van der Waals surface area contributed by atoms with E-state index in [9.17, 15) is 0 Å². The van der Waals surface area contributed by atoms with Gasteiger partial charge in [-0.05, 0) is 46.1 Å². The first-order chi connectivity index (χ1) is 9.12. The number of halogens is 1. The molecule has 1 aliphatic rings. The Morgan fingerprint density at radius 1 is 1.20 bits per heavy atom. The predicted octanol–water partition coefficient (Wildman–Crippen LogP) is 3.23. The van der Waals surface area contributed by atoms with Crippen molar-refractivity contribution >= 4 is 24.2 Å². The lowest BCUT2D eigenvalue weighted by molar-refractivity contribution is 0.00578. The van der Waals surface area contributed by atoms with E-state index in [1.54, 1.807) is 0 Å². The van der Waals surface area contributed by atoms with Crippen LogP contribution in [0.5, 0.6) is 0 Å². The summed E-state index contributed by atoms with van der Waals surface area (Å²) in [6, 6.07) is 1.91. The smallest absolute Gasteiger partial charge is 0.399 e. The lowest BCUT2D eigenvalue weighted by atomic mass is 9.80. The molecule has 5 heteroatoms. The van der Waals surface area contributed by atoms with Crippen LogP contribution < -0.4 is 5.46 Å². The van der Waals surface area contributed by atoms with Gasteiger partial charge in [-0.25, -0.2) is 0 Å². The summed E-state index contributed by atoms with van der Waals surface area (Å²) in [7, 11) is -0.405. The summed E-state index contributed by atoms with van der Waals surface area (Å²) in [5.74, 6) is 0.530.